The molecule has 0 saturated carbocycles. The van der Waals surface area contributed by atoms with Crippen LogP contribution in [0, 0.1) is 0 Å². The molecule has 0 saturated heterocycles. The largest absolute Gasteiger partial charge is 0.372 e. The van der Waals surface area contributed by atoms with Crippen molar-refractivity contribution < 1.29 is 4.79 Å². The Balaban J connectivity index is 1.96. The molecule has 0 atom stereocenters. The van der Waals surface area contributed by atoms with Crippen molar-refractivity contribution in [3.05, 3.63) is 64.1 Å². The average molecular weight is 374 g/mol. The highest BCUT2D eigenvalue weighted by atomic mass is 79.9. The van der Waals surface area contributed by atoms with E-state index in [-0.39, 0.29) is 5.91 Å². The molecule has 120 valence electrons. The SMILES string of the molecule is CCN(CC)c1ccc(C=NNC(=O)c2cccc(Br)c2)cc1. The zero-order chi connectivity index (χ0) is 16.7. The number of rotatable bonds is 6. The van der Waals surface area contributed by atoms with Gasteiger partial charge in [0.25, 0.3) is 5.91 Å². The van der Waals surface area contributed by atoms with Gasteiger partial charge >= 0.3 is 0 Å². The van der Waals surface area contributed by atoms with Gasteiger partial charge in [0.1, 0.15) is 0 Å². The summed E-state index contributed by atoms with van der Waals surface area (Å²) in [6.07, 6.45) is 1.64. The van der Waals surface area contributed by atoms with Crippen molar-refractivity contribution in [1.82, 2.24) is 5.43 Å². The fraction of sp³-hybridized carbons (Fsp3) is 0.222. The minimum atomic E-state index is -0.234. The molecule has 0 spiro atoms. The molecule has 23 heavy (non-hydrogen) atoms. The minimum Gasteiger partial charge on any atom is -0.372 e. The Bertz CT molecular complexity index is 679. The minimum absolute atomic E-state index is 0.234. The Kier molecular flexibility index (Phi) is 6.35. The maximum Gasteiger partial charge on any atom is 0.271 e. The summed E-state index contributed by atoms with van der Waals surface area (Å²) in [5, 5.41) is 4.01. The summed E-state index contributed by atoms with van der Waals surface area (Å²) in [5.41, 5.74) is 5.22. The van der Waals surface area contributed by atoms with Crippen LogP contribution in [0.15, 0.2) is 58.1 Å². The molecular formula is C18H20BrN3O. The van der Waals surface area contributed by atoms with Crippen molar-refractivity contribution in [1.29, 1.82) is 0 Å². The van der Waals surface area contributed by atoms with Gasteiger partial charge in [-0.05, 0) is 49.7 Å². The van der Waals surface area contributed by atoms with E-state index in [2.05, 4.69) is 57.3 Å². The lowest BCUT2D eigenvalue weighted by Gasteiger charge is -2.20. The van der Waals surface area contributed by atoms with Crippen LogP contribution in [0.5, 0.6) is 0 Å². The predicted molar refractivity (Wildman–Crippen MR) is 99.2 cm³/mol. The highest BCUT2D eigenvalue weighted by Crippen LogP contribution is 2.14. The van der Waals surface area contributed by atoms with Gasteiger partial charge in [-0.15, -0.1) is 0 Å². The summed E-state index contributed by atoms with van der Waals surface area (Å²) in [6, 6.07) is 15.3. The quantitative estimate of drug-likeness (QED) is 0.612. The molecule has 1 N–H and O–H groups in total. The Morgan fingerprint density at radius 3 is 2.48 bits per heavy atom. The zero-order valence-electron chi connectivity index (χ0n) is 13.3. The van der Waals surface area contributed by atoms with Crippen molar-refractivity contribution in [2.45, 2.75) is 13.8 Å². The molecule has 2 aromatic rings. The van der Waals surface area contributed by atoms with Crippen molar-refractivity contribution in [2.75, 3.05) is 18.0 Å². The third-order valence-electron chi connectivity index (χ3n) is 3.49. The van der Waals surface area contributed by atoms with E-state index in [1.165, 1.54) is 5.69 Å². The van der Waals surface area contributed by atoms with E-state index < -0.39 is 0 Å². The lowest BCUT2D eigenvalue weighted by atomic mass is 10.2. The van der Waals surface area contributed by atoms with E-state index >= 15 is 0 Å². The molecule has 0 aromatic heterocycles. The molecule has 4 nitrogen and oxygen atoms in total. The van der Waals surface area contributed by atoms with Gasteiger partial charge in [-0.3, -0.25) is 4.79 Å². The van der Waals surface area contributed by atoms with Crippen LogP contribution in [0.1, 0.15) is 29.8 Å². The number of amides is 1. The number of nitrogens with zero attached hydrogens (tertiary/aromatic N) is 2. The first kappa shape index (κ1) is 17.2. The molecule has 0 heterocycles. The number of carbonyl (C=O) groups is 1. The summed E-state index contributed by atoms with van der Waals surface area (Å²) in [5.74, 6) is -0.234. The van der Waals surface area contributed by atoms with E-state index in [0.717, 1.165) is 23.1 Å². The van der Waals surface area contributed by atoms with Gasteiger partial charge in [0, 0.05) is 28.8 Å². The highest BCUT2D eigenvalue weighted by molar-refractivity contribution is 9.10. The van der Waals surface area contributed by atoms with Gasteiger partial charge in [0.2, 0.25) is 0 Å². The second kappa shape index (κ2) is 8.48. The van der Waals surface area contributed by atoms with Gasteiger partial charge in [-0.1, -0.05) is 34.1 Å². The summed E-state index contributed by atoms with van der Waals surface area (Å²) in [7, 11) is 0. The predicted octanol–water partition coefficient (Wildman–Crippen LogP) is 4.06. The van der Waals surface area contributed by atoms with Gasteiger partial charge in [-0.25, -0.2) is 5.43 Å². The topological polar surface area (TPSA) is 44.7 Å². The highest BCUT2D eigenvalue weighted by Gasteiger charge is 2.04. The van der Waals surface area contributed by atoms with Crippen LogP contribution in [-0.2, 0) is 0 Å². The number of nitrogens with one attached hydrogen (secondary N) is 1. The van der Waals surface area contributed by atoms with E-state index in [1.807, 2.05) is 24.3 Å². The second-order valence-electron chi connectivity index (χ2n) is 4.97. The molecule has 0 aliphatic rings. The van der Waals surface area contributed by atoms with E-state index in [0.29, 0.717) is 5.56 Å². The molecule has 2 aromatic carbocycles. The maximum absolute atomic E-state index is 12.0. The summed E-state index contributed by atoms with van der Waals surface area (Å²) in [4.78, 5) is 14.2. The monoisotopic (exact) mass is 373 g/mol. The third-order valence-corrected chi connectivity index (χ3v) is 3.98. The fourth-order valence-corrected chi connectivity index (χ4v) is 2.62. The number of hydrazone groups is 1. The molecule has 0 aliphatic carbocycles. The van der Waals surface area contributed by atoms with E-state index in [4.69, 9.17) is 0 Å². The average Bonchev–Trinajstić information content (AvgIpc) is 2.57. The van der Waals surface area contributed by atoms with E-state index in [9.17, 15) is 4.79 Å². The molecule has 5 heteroatoms. The maximum atomic E-state index is 12.0. The van der Waals surface area contributed by atoms with Crippen LogP contribution in [0.2, 0.25) is 0 Å². The van der Waals surface area contributed by atoms with Crippen LogP contribution >= 0.6 is 15.9 Å². The van der Waals surface area contributed by atoms with Crippen molar-refractivity contribution in [2.24, 2.45) is 5.10 Å². The van der Waals surface area contributed by atoms with Crippen LogP contribution in [0.4, 0.5) is 5.69 Å². The molecule has 1 amide bonds. The zero-order valence-corrected chi connectivity index (χ0v) is 14.9. The number of halogens is 1. The Labute approximate surface area is 145 Å². The number of anilines is 1. The Hall–Kier alpha value is -2.14. The van der Waals surface area contributed by atoms with Crippen LogP contribution in [0.25, 0.3) is 0 Å². The van der Waals surface area contributed by atoms with Crippen LogP contribution in [-0.4, -0.2) is 25.2 Å². The standard InChI is InChI=1S/C18H20BrN3O/c1-3-22(4-2)17-10-8-14(9-11-17)13-20-21-18(23)15-6-5-7-16(19)12-15/h5-13H,3-4H2,1-2H3,(H,21,23). The van der Waals surface area contributed by atoms with Crippen molar-refractivity contribution >= 4 is 33.7 Å². The summed E-state index contributed by atoms with van der Waals surface area (Å²) >= 11 is 3.34. The van der Waals surface area contributed by atoms with E-state index in [1.54, 1.807) is 18.3 Å². The number of hydrogen-bond donors (Lipinski definition) is 1. The Morgan fingerprint density at radius 1 is 1.17 bits per heavy atom. The van der Waals surface area contributed by atoms with Crippen LogP contribution in [0.3, 0.4) is 0 Å². The third kappa shape index (κ3) is 4.93. The van der Waals surface area contributed by atoms with Gasteiger partial charge < -0.3 is 4.90 Å². The number of hydrogen-bond acceptors (Lipinski definition) is 3. The van der Waals surface area contributed by atoms with Crippen LogP contribution < -0.4 is 10.3 Å². The molecule has 0 fully saturated rings. The fourth-order valence-electron chi connectivity index (χ4n) is 2.22. The molecule has 0 unspecified atom stereocenters. The van der Waals surface area contributed by atoms with Gasteiger partial charge in [-0.2, -0.15) is 5.10 Å². The molecule has 0 bridgehead atoms. The molecular weight excluding hydrogens is 354 g/mol. The summed E-state index contributed by atoms with van der Waals surface area (Å²) in [6.45, 7) is 6.23. The van der Waals surface area contributed by atoms with Gasteiger partial charge in [0.15, 0.2) is 0 Å². The smallest absolute Gasteiger partial charge is 0.271 e. The molecule has 0 radical (unpaired) electrons. The number of carbonyl (C=O) groups excluding carboxylic acids is 1. The lowest BCUT2D eigenvalue weighted by Crippen LogP contribution is -2.21. The molecule has 2 rings (SSSR count). The Morgan fingerprint density at radius 2 is 1.87 bits per heavy atom. The first-order valence-corrected chi connectivity index (χ1v) is 8.37. The number of benzene rings is 2. The van der Waals surface area contributed by atoms with Crippen molar-refractivity contribution in [3.8, 4) is 0 Å². The molecule has 0 aliphatic heterocycles. The van der Waals surface area contributed by atoms with Gasteiger partial charge in [0.05, 0.1) is 6.21 Å². The van der Waals surface area contributed by atoms with Crippen molar-refractivity contribution in [3.63, 3.8) is 0 Å². The first-order chi connectivity index (χ1) is 11.1. The second-order valence-corrected chi connectivity index (χ2v) is 5.89. The first-order valence-electron chi connectivity index (χ1n) is 7.58. The normalized spacial score (nSPS) is 10.7. The summed E-state index contributed by atoms with van der Waals surface area (Å²) < 4.78 is 0.862. The lowest BCUT2D eigenvalue weighted by molar-refractivity contribution is 0.0955.